The molecular weight excluding hydrogens is 461 g/mol. The normalized spacial score (nSPS) is 14.5. The van der Waals surface area contributed by atoms with Gasteiger partial charge < -0.3 is 15.1 Å². The average Bonchev–Trinajstić information content (AvgIpc) is 2.83. The molecule has 33 heavy (non-hydrogen) atoms. The number of rotatable bonds is 6. The zero-order valence-corrected chi connectivity index (χ0v) is 18.1. The molecule has 0 unspecified atom stereocenters. The highest BCUT2D eigenvalue weighted by molar-refractivity contribution is 6.34. The lowest BCUT2D eigenvalue weighted by molar-refractivity contribution is -0.138. The lowest BCUT2D eigenvalue weighted by Gasteiger charge is -2.34. The van der Waals surface area contributed by atoms with E-state index in [1.807, 2.05) is 0 Å². The number of nitrogens with zero attached hydrogens (tertiary/aromatic N) is 7. The van der Waals surface area contributed by atoms with Crippen LogP contribution in [0.2, 0.25) is 5.15 Å². The molecular formula is C20H20ClF3N8O. The number of carbonyl (C=O) groups excluding carboxylic acids is 1. The predicted octanol–water partition coefficient (Wildman–Crippen LogP) is 3.03. The molecule has 13 heteroatoms. The Morgan fingerprint density at radius 1 is 1.06 bits per heavy atom. The number of nitrogens with one attached hydrogen (secondary N) is 1. The van der Waals surface area contributed by atoms with Crippen molar-refractivity contribution in [2.45, 2.75) is 19.0 Å². The van der Waals surface area contributed by atoms with Gasteiger partial charge in [-0.05, 0) is 12.5 Å². The van der Waals surface area contributed by atoms with Gasteiger partial charge in [0.05, 0.1) is 5.56 Å². The number of piperazine rings is 1. The Morgan fingerprint density at radius 3 is 2.48 bits per heavy atom. The summed E-state index contributed by atoms with van der Waals surface area (Å²) < 4.78 is 38.0. The van der Waals surface area contributed by atoms with E-state index < -0.39 is 11.7 Å². The van der Waals surface area contributed by atoms with Gasteiger partial charge >= 0.3 is 6.18 Å². The van der Waals surface area contributed by atoms with Crippen molar-refractivity contribution in [3.05, 3.63) is 41.6 Å². The van der Waals surface area contributed by atoms with Crippen molar-refractivity contribution in [1.29, 1.82) is 0 Å². The molecule has 3 aromatic rings. The van der Waals surface area contributed by atoms with Crippen LogP contribution in [0, 0.1) is 0 Å². The summed E-state index contributed by atoms with van der Waals surface area (Å²) in [5.41, 5.74) is -0.887. The maximum atomic E-state index is 12.7. The van der Waals surface area contributed by atoms with Gasteiger partial charge in [0.1, 0.15) is 0 Å². The van der Waals surface area contributed by atoms with Crippen molar-refractivity contribution in [3.8, 4) is 0 Å². The first-order valence-corrected chi connectivity index (χ1v) is 10.6. The molecule has 0 aromatic carbocycles. The van der Waals surface area contributed by atoms with Gasteiger partial charge in [-0.3, -0.25) is 9.78 Å². The molecule has 0 radical (unpaired) electrons. The number of hydrogen-bond acceptors (Lipinski definition) is 8. The number of pyridine rings is 1. The number of anilines is 2. The first-order valence-electron chi connectivity index (χ1n) is 10.2. The summed E-state index contributed by atoms with van der Waals surface area (Å²) in [4.78, 5) is 27.8. The van der Waals surface area contributed by atoms with Crippen LogP contribution >= 0.6 is 11.6 Å². The quantitative estimate of drug-likeness (QED) is 0.537. The SMILES string of the molecule is O=C(CCCNc1nnc(Cl)c2ccncc12)N1CCN(c2ncc(C(F)(F)F)cn2)CC1. The summed E-state index contributed by atoms with van der Waals surface area (Å²) in [7, 11) is 0. The smallest absolute Gasteiger partial charge is 0.368 e. The molecule has 0 bridgehead atoms. The molecule has 1 amide bonds. The molecule has 9 nitrogen and oxygen atoms in total. The Balaban J connectivity index is 1.23. The van der Waals surface area contributed by atoms with Crippen molar-refractivity contribution in [1.82, 2.24) is 30.0 Å². The second kappa shape index (κ2) is 9.69. The van der Waals surface area contributed by atoms with Crippen LogP contribution in [0.25, 0.3) is 10.8 Å². The van der Waals surface area contributed by atoms with Crippen molar-refractivity contribution in [2.24, 2.45) is 0 Å². The molecule has 1 saturated heterocycles. The fourth-order valence-electron chi connectivity index (χ4n) is 3.49. The summed E-state index contributed by atoms with van der Waals surface area (Å²) in [5, 5.41) is 13.0. The number of fused-ring (bicyclic) bond motifs is 1. The van der Waals surface area contributed by atoms with E-state index in [1.54, 1.807) is 28.3 Å². The molecule has 0 spiro atoms. The number of alkyl halides is 3. The second-order valence-electron chi connectivity index (χ2n) is 7.43. The monoisotopic (exact) mass is 480 g/mol. The van der Waals surface area contributed by atoms with Crippen LogP contribution in [0.1, 0.15) is 18.4 Å². The fraction of sp³-hybridized carbons (Fsp3) is 0.400. The molecule has 174 valence electrons. The van der Waals surface area contributed by atoms with Gasteiger partial charge in [-0.15, -0.1) is 10.2 Å². The predicted molar refractivity (Wildman–Crippen MR) is 116 cm³/mol. The third-order valence-corrected chi connectivity index (χ3v) is 5.56. The minimum absolute atomic E-state index is 0.0125. The minimum Gasteiger partial charge on any atom is -0.368 e. The molecule has 0 aliphatic carbocycles. The Hall–Kier alpha value is -3.28. The maximum absolute atomic E-state index is 12.7. The summed E-state index contributed by atoms with van der Waals surface area (Å²) in [5.74, 6) is 0.795. The first kappa shape index (κ1) is 22.9. The van der Waals surface area contributed by atoms with Crippen LogP contribution in [0.5, 0.6) is 0 Å². The Morgan fingerprint density at radius 2 is 1.79 bits per heavy atom. The number of aromatic nitrogens is 5. The van der Waals surface area contributed by atoms with E-state index in [1.165, 1.54) is 0 Å². The highest BCUT2D eigenvalue weighted by Gasteiger charge is 2.32. The first-order chi connectivity index (χ1) is 15.8. The second-order valence-corrected chi connectivity index (χ2v) is 7.79. The van der Waals surface area contributed by atoms with Gasteiger partial charge in [0, 0.05) is 74.7 Å². The topological polar surface area (TPSA) is 100 Å². The standard InChI is InChI=1S/C20H20ClF3N8O/c21-17-14-3-5-25-12-15(14)18(30-29-17)26-4-1-2-16(33)31-6-8-32(9-7-31)19-27-10-13(11-28-19)20(22,23)24/h3,5,10-12H,1-2,4,6-9H2,(H,26,30). The molecule has 0 atom stereocenters. The van der Waals surface area contributed by atoms with Crippen LogP contribution < -0.4 is 10.2 Å². The molecule has 1 aliphatic rings. The largest absolute Gasteiger partial charge is 0.419 e. The summed E-state index contributed by atoms with van der Waals surface area (Å²) >= 11 is 6.06. The van der Waals surface area contributed by atoms with Gasteiger partial charge in [-0.1, -0.05) is 11.6 Å². The van der Waals surface area contributed by atoms with E-state index >= 15 is 0 Å². The molecule has 4 heterocycles. The third kappa shape index (κ3) is 5.38. The van der Waals surface area contributed by atoms with Crippen molar-refractivity contribution in [3.63, 3.8) is 0 Å². The molecule has 0 saturated carbocycles. The number of halogens is 4. The summed E-state index contributed by atoms with van der Waals surface area (Å²) in [6.45, 7) is 2.33. The number of carbonyl (C=O) groups is 1. The summed E-state index contributed by atoms with van der Waals surface area (Å²) in [6, 6.07) is 1.76. The molecule has 1 N–H and O–H groups in total. The van der Waals surface area contributed by atoms with Crippen molar-refractivity contribution < 1.29 is 18.0 Å². The van der Waals surface area contributed by atoms with E-state index in [0.29, 0.717) is 56.5 Å². The van der Waals surface area contributed by atoms with E-state index in [2.05, 4.69) is 30.5 Å². The number of hydrogen-bond donors (Lipinski definition) is 1. The van der Waals surface area contributed by atoms with E-state index in [-0.39, 0.29) is 11.9 Å². The van der Waals surface area contributed by atoms with Gasteiger partial charge in [-0.25, -0.2) is 9.97 Å². The van der Waals surface area contributed by atoms with Gasteiger partial charge in [-0.2, -0.15) is 13.2 Å². The van der Waals surface area contributed by atoms with Gasteiger partial charge in [0.25, 0.3) is 0 Å². The minimum atomic E-state index is -4.47. The maximum Gasteiger partial charge on any atom is 0.419 e. The highest BCUT2D eigenvalue weighted by atomic mass is 35.5. The van der Waals surface area contributed by atoms with E-state index in [0.717, 1.165) is 23.2 Å². The average molecular weight is 481 g/mol. The van der Waals surface area contributed by atoms with Crippen LogP contribution in [0.4, 0.5) is 24.9 Å². The van der Waals surface area contributed by atoms with E-state index in [9.17, 15) is 18.0 Å². The molecule has 4 rings (SSSR count). The molecule has 1 aliphatic heterocycles. The van der Waals surface area contributed by atoms with Crippen molar-refractivity contribution >= 4 is 40.0 Å². The molecule has 3 aromatic heterocycles. The van der Waals surface area contributed by atoms with Crippen LogP contribution in [0.3, 0.4) is 0 Å². The van der Waals surface area contributed by atoms with E-state index in [4.69, 9.17) is 11.6 Å². The van der Waals surface area contributed by atoms with Gasteiger partial charge in [0.2, 0.25) is 11.9 Å². The lowest BCUT2D eigenvalue weighted by Crippen LogP contribution is -2.49. The van der Waals surface area contributed by atoms with Crippen LogP contribution in [-0.4, -0.2) is 68.7 Å². The van der Waals surface area contributed by atoms with Gasteiger partial charge in [0.15, 0.2) is 11.0 Å². The Labute approximate surface area is 192 Å². The third-order valence-electron chi connectivity index (χ3n) is 5.28. The van der Waals surface area contributed by atoms with Crippen LogP contribution in [-0.2, 0) is 11.0 Å². The highest BCUT2D eigenvalue weighted by Crippen LogP contribution is 2.28. The summed E-state index contributed by atoms with van der Waals surface area (Å²) in [6.07, 6.45) is 1.30. The number of amides is 1. The zero-order chi connectivity index (χ0) is 23.4. The van der Waals surface area contributed by atoms with Crippen molar-refractivity contribution in [2.75, 3.05) is 42.9 Å². The Bertz CT molecular complexity index is 1120. The lowest BCUT2D eigenvalue weighted by atomic mass is 10.2. The zero-order valence-electron chi connectivity index (χ0n) is 17.4. The van der Waals surface area contributed by atoms with Crippen LogP contribution in [0.15, 0.2) is 30.9 Å². The molecule has 1 fully saturated rings. The fourth-order valence-corrected chi connectivity index (χ4v) is 3.69. The Kier molecular flexibility index (Phi) is 6.72.